The minimum atomic E-state index is -0.930. The quantitative estimate of drug-likeness (QED) is 0.852. The van der Waals surface area contributed by atoms with Crippen molar-refractivity contribution >= 4 is 39.1 Å². The van der Waals surface area contributed by atoms with Crippen molar-refractivity contribution in [1.29, 1.82) is 0 Å². The molecule has 1 amide bonds. The lowest BCUT2D eigenvalue weighted by Gasteiger charge is -2.24. The number of halogens is 1. The molecule has 1 aromatic heterocycles. The molecule has 1 atom stereocenters. The Morgan fingerprint density at radius 1 is 1.47 bits per heavy atom. The van der Waals surface area contributed by atoms with E-state index in [2.05, 4.69) is 15.9 Å². The summed E-state index contributed by atoms with van der Waals surface area (Å²) in [7, 11) is 3.35. The van der Waals surface area contributed by atoms with Crippen LogP contribution < -0.4 is 0 Å². The first-order chi connectivity index (χ1) is 8.81. The molecule has 0 aliphatic rings. The van der Waals surface area contributed by atoms with Crippen molar-refractivity contribution in [2.24, 2.45) is 0 Å². The first kappa shape index (κ1) is 16.1. The van der Waals surface area contributed by atoms with Crippen LogP contribution in [0.2, 0.25) is 0 Å². The monoisotopic (exact) mass is 348 g/mol. The van der Waals surface area contributed by atoms with Gasteiger partial charge in [0.05, 0.1) is 13.1 Å². The van der Waals surface area contributed by atoms with Gasteiger partial charge in [0, 0.05) is 21.8 Å². The highest BCUT2D eigenvalue weighted by atomic mass is 79.9. The van der Waals surface area contributed by atoms with E-state index in [-0.39, 0.29) is 12.5 Å². The number of rotatable bonds is 6. The molecule has 7 heteroatoms. The van der Waals surface area contributed by atoms with Crippen molar-refractivity contribution < 1.29 is 14.7 Å². The third-order valence-electron chi connectivity index (χ3n) is 2.84. The maximum atomic E-state index is 12.0. The standard InChI is InChI=1S/C12H17BrN2O3S/c1-8(12(17)18)14(2)6-11(16)15(3)5-10-4-9(13)7-19-10/h4,7-8H,5-6H2,1-3H3,(H,17,18). The summed E-state index contributed by atoms with van der Waals surface area (Å²) < 4.78 is 1.00. The van der Waals surface area contributed by atoms with Gasteiger partial charge in [-0.2, -0.15) is 0 Å². The van der Waals surface area contributed by atoms with Gasteiger partial charge >= 0.3 is 5.97 Å². The van der Waals surface area contributed by atoms with Crippen LogP contribution in [0.15, 0.2) is 15.9 Å². The van der Waals surface area contributed by atoms with E-state index in [0.717, 1.165) is 9.35 Å². The van der Waals surface area contributed by atoms with Crippen LogP contribution in [0.25, 0.3) is 0 Å². The Bertz CT molecular complexity index is 464. The number of amides is 1. The van der Waals surface area contributed by atoms with Crippen LogP contribution in [0.1, 0.15) is 11.8 Å². The molecular weight excluding hydrogens is 332 g/mol. The van der Waals surface area contributed by atoms with Gasteiger partial charge in [-0.15, -0.1) is 11.3 Å². The first-order valence-electron chi connectivity index (χ1n) is 5.71. The zero-order chi connectivity index (χ0) is 14.6. The Balaban J connectivity index is 2.51. The van der Waals surface area contributed by atoms with Gasteiger partial charge in [-0.1, -0.05) is 0 Å². The molecule has 106 valence electrons. The molecule has 0 radical (unpaired) electrons. The highest BCUT2D eigenvalue weighted by Gasteiger charge is 2.20. The molecule has 0 spiro atoms. The van der Waals surface area contributed by atoms with Gasteiger partial charge in [0.15, 0.2) is 0 Å². The smallest absolute Gasteiger partial charge is 0.320 e. The largest absolute Gasteiger partial charge is 0.480 e. The molecule has 0 aliphatic heterocycles. The molecule has 0 bridgehead atoms. The predicted molar refractivity (Wildman–Crippen MR) is 78.2 cm³/mol. The van der Waals surface area contributed by atoms with Crippen LogP contribution >= 0.6 is 27.3 Å². The number of carboxylic acid groups (broad SMARTS) is 1. The summed E-state index contributed by atoms with van der Waals surface area (Å²) >= 11 is 4.94. The van der Waals surface area contributed by atoms with E-state index in [1.165, 1.54) is 4.90 Å². The van der Waals surface area contributed by atoms with E-state index < -0.39 is 12.0 Å². The molecule has 1 rings (SSSR count). The molecule has 0 aromatic carbocycles. The van der Waals surface area contributed by atoms with Crippen molar-refractivity contribution in [1.82, 2.24) is 9.80 Å². The molecule has 0 aliphatic carbocycles. The summed E-state index contributed by atoms with van der Waals surface area (Å²) in [5, 5.41) is 10.8. The summed E-state index contributed by atoms with van der Waals surface area (Å²) in [6.07, 6.45) is 0. The third-order valence-corrected chi connectivity index (χ3v) is 4.53. The minimum Gasteiger partial charge on any atom is -0.480 e. The second-order valence-electron chi connectivity index (χ2n) is 4.41. The Hall–Kier alpha value is -0.920. The van der Waals surface area contributed by atoms with Crippen molar-refractivity contribution in [2.45, 2.75) is 19.5 Å². The lowest BCUT2D eigenvalue weighted by molar-refractivity contribution is -0.143. The fourth-order valence-electron chi connectivity index (χ4n) is 1.42. The van der Waals surface area contributed by atoms with Crippen LogP contribution in [0, 0.1) is 0 Å². The van der Waals surface area contributed by atoms with Gasteiger partial charge in [-0.3, -0.25) is 14.5 Å². The number of carbonyl (C=O) groups is 2. The number of hydrogen-bond donors (Lipinski definition) is 1. The maximum absolute atomic E-state index is 12.0. The zero-order valence-electron chi connectivity index (χ0n) is 11.1. The Kier molecular flexibility index (Phi) is 5.96. The van der Waals surface area contributed by atoms with Gasteiger partial charge in [0.1, 0.15) is 6.04 Å². The van der Waals surface area contributed by atoms with E-state index >= 15 is 0 Å². The highest BCUT2D eigenvalue weighted by Crippen LogP contribution is 2.20. The second-order valence-corrected chi connectivity index (χ2v) is 6.32. The average molecular weight is 349 g/mol. The molecule has 0 saturated heterocycles. The van der Waals surface area contributed by atoms with Crippen LogP contribution in [0.5, 0.6) is 0 Å². The molecule has 0 saturated carbocycles. The normalized spacial score (nSPS) is 12.5. The average Bonchev–Trinajstić information content (AvgIpc) is 2.73. The predicted octanol–water partition coefficient (Wildman–Crippen LogP) is 1.87. The summed E-state index contributed by atoms with van der Waals surface area (Å²) in [6, 6.07) is 1.30. The topological polar surface area (TPSA) is 60.9 Å². The van der Waals surface area contributed by atoms with E-state index in [0.29, 0.717) is 6.54 Å². The molecule has 19 heavy (non-hydrogen) atoms. The third kappa shape index (κ3) is 4.93. The number of hydrogen-bond acceptors (Lipinski definition) is 4. The van der Waals surface area contributed by atoms with Gasteiger partial charge in [-0.05, 0) is 36.0 Å². The Morgan fingerprint density at radius 3 is 2.58 bits per heavy atom. The van der Waals surface area contributed by atoms with E-state index in [1.54, 1.807) is 37.3 Å². The lowest BCUT2D eigenvalue weighted by atomic mass is 10.3. The van der Waals surface area contributed by atoms with E-state index in [4.69, 9.17) is 5.11 Å². The highest BCUT2D eigenvalue weighted by molar-refractivity contribution is 9.10. The summed E-state index contributed by atoms with van der Waals surface area (Å²) in [4.78, 5) is 27.0. The number of carbonyl (C=O) groups excluding carboxylic acids is 1. The van der Waals surface area contributed by atoms with Crippen LogP contribution in [-0.4, -0.2) is 53.5 Å². The second kappa shape index (κ2) is 7.02. The van der Waals surface area contributed by atoms with Crippen molar-refractivity contribution in [2.75, 3.05) is 20.6 Å². The van der Waals surface area contributed by atoms with Gasteiger partial charge in [0.25, 0.3) is 0 Å². The molecular formula is C12H17BrN2O3S. The molecule has 1 unspecified atom stereocenters. The molecule has 1 heterocycles. The molecule has 0 fully saturated rings. The van der Waals surface area contributed by atoms with E-state index in [9.17, 15) is 9.59 Å². The SMILES string of the molecule is CC(C(=O)O)N(C)CC(=O)N(C)Cc1cc(Br)cs1. The summed E-state index contributed by atoms with van der Waals surface area (Å²) in [5.41, 5.74) is 0. The fraction of sp³-hybridized carbons (Fsp3) is 0.500. The van der Waals surface area contributed by atoms with Gasteiger partial charge in [-0.25, -0.2) is 0 Å². The van der Waals surface area contributed by atoms with Gasteiger partial charge < -0.3 is 10.0 Å². The van der Waals surface area contributed by atoms with Crippen molar-refractivity contribution in [3.05, 3.63) is 20.8 Å². The van der Waals surface area contributed by atoms with Crippen LogP contribution in [-0.2, 0) is 16.1 Å². The molecule has 1 N–H and O–H groups in total. The molecule has 1 aromatic rings. The summed E-state index contributed by atoms with van der Waals surface area (Å²) in [6.45, 7) is 2.19. The summed E-state index contributed by atoms with van der Waals surface area (Å²) in [5.74, 6) is -1.03. The Labute approximate surface area is 124 Å². The van der Waals surface area contributed by atoms with Gasteiger partial charge in [0.2, 0.25) is 5.91 Å². The lowest BCUT2D eigenvalue weighted by Crippen LogP contribution is -2.43. The minimum absolute atomic E-state index is 0.0938. The van der Waals surface area contributed by atoms with Crippen LogP contribution in [0.3, 0.4) is 0 Å². The number of thiophene rings is 1. The number of nitrogens with zero attached hydrogens (tertiary/aromatic N) is 2. The first-order valence-corrected chi connectivity index (χ1v) is 7.38. The van der Waals surface area contributed by atoms with E-state index in [1.807, 2.05) is 11.4 Å². The maximum Gasteiger partial charge on any atom is 0.320 e. The molecule has 5 nitrogen and oxygen atoms in total. The number of likely N-dealkylation sites (N-methyl/N-ethyl adjacent to an activating group) is 2. The van der Waals surface area contributed by atoms with Crippen LogP contribution in [0.4, 0.5) is 0 Å². The fourth-order valence-corrected chi connectivity index (χ4v) is 2.92. The Morgan fingerprint density at radius 2 is 2.11 bits per heavy atom. The van der Waals surface area contributed by atoms with Crippen molar-refractivity contribution in [3.63, 3.8) is 0 Å². The number of aliphatic carboxylic acids is 1. The zero-order valence-corrected chi connectivity index (χ0v) is 13.5. The number of carboxylic acids is 1. The van der Waals surface area contributed by atoms with Crippen molar-refractivity contribution in [3.8, 4) is 0 Å².